The molecule has 0 amide bonds. The molecule has 4 atom stereocenters. The standard InChI is InChI=1S/C10H16O/c1-7-6-8-4-5-9(7)10(8,2)11-3/h4-5,7-9H,6H2,1-3H3. The first kappa shape index (κ1) is 7.35. The molecule has 2 aliphatic carbocycles. The third kappa shape index (κ3) is 0.750. The maximum atomic E-state index is 5.59. The first-order valence-electron chi connectivity index (χ1n) is 4.42. The largest absolute Gasteiger partial charge is 0.377 e. The van der Waals surface area contributed by atoms with E-state index in [1.807, 2.05) is 7.11 Å². The molecule has 0 N–H and O–H groups in total. The molecule has 0 aromatic carbocycles. The minimum atomic E-state index is 0.124. The number of ether oxygens (including phenoxy) is 1. The second kappa shape index (κ2) is 2.10. The van der Waals surface area contributed by atoms with Crippen LogP contribution in [0.4, 0.5) is 0 Å². The van der Waals surface area contributed by atoms with E-state index in [1.54, 1.807) is 0 Å². The first-order valence-corrected chi connectivity index (χ1v) is 4.42. The van der Waals surface area contributed by atoms with Crippen molar-refractivity contribution in [3.05, 3.63) is 12.2 Å². The molecule has 1 heteroatoms. The molecule has 0 aromatic heterocycles. The number of hydrogen-bond acceptors (Lipinski definition) is 1. The van der Waals surface area contributed by atoms with Crippen LogP contribution in [0, 0.1) is 17.8 Å². The first-order chi connectivity index (χ1) is 5.18. The number of methoxy groups -OCH3 is 1. The van der Waals surface area contributed by atoms with E-state index < -0.39 is 0 Å². The van der Waals surface area contributed by atoms with Crippen molar-refractivity contribution in [2.24, 2.45) is 17.8 Å². The maximum absolute atomic E-state index is 5.59. The summed E-state index contributed by atoms with van der Waals surface area (Å²) in [6, 6.07) is 0. The highest BCUT2D eigenvalue weighted by Gasteiger charge is 2.51. The summed E-state index contributed by atoms with van der Waals surface area (Å²) in [5, 5.41) is 0. The highest BCUT2D eigenvalue weighted by molar-refractivity contribution is 5.20. The third-order valence-corrected chi connectivity index (χ3v) is 3.63. The lowest BCUT2D eigenvalue weighted by atomic mass is 9.90. The van der Waals surface area contributed by atoms with Gasteiger partial charge in [0.05, 0.1) is 5.60 Å². The lowest BCUT2D eigenvalue weighted by Crippen LogP contribution is -2.34. The molecule has 1 fully saturated rings. The number of hydrogen-bond donors (Lipinski definition) is 0. The van der Waals surface area contributed by atoms with Gasteiger partial charge < -0.3 is 4.74 Å². The summed E-state index contributed by atoms with van der Waals surface area (Å²) in [6.45, 7) is 4.57. The van der Waals surface area contributed by atoms with Crippen LogP contribution in [0.15, 0.2) is 12.2 Å². The van der Waals surface area contributed by atoms with Gasteiger partial charge in [-0.1, -0.05) is 19.1 Å². The van der Waals surface area contributed by atoms with Crippen molar-refractivity contribution < 1.29 is 4.74 Å². The zero-order chi connectivity index (χ0) is 8.06. The second-order valence-corrected chi connectivity index (χ2v) is 4.12. The molecule has 0 heterocycles. The highest BCUT2D eigenvalue weighted by Crippen LogP contribution is 2.52. The van der Waals surface area contributed by atoms with E-state index in [0.29, 0.717) is 11.8 Å². The van der Waals surface area contributed by atoms with Crippen LogP contribution in [0.25, 0.3) is 0 Å². The van der Waals surface area contributed by atoms with E-state index in [0.717, 1.165) is 5.92 Å². The van der Waals surface area contributed by atoms with Crippen LogP contribution in [-0.4, -0.2) is 12.7 Å². The van der Waals surface area contributed by atoms with Crippen molar-refractivity contribution in [1.29, 1.82) is 0 Å². The molecule has 0 aromatic rings. The monoisotopic (exact) mass is 152 g/mol. The molecule has 0 aliphatic heterocycles. The Bertz CT molecular complexity index is 197. The van der Waals surface area contributed by atoms with E-state index in [-0.39, 0.29) is 5.60 Å². The average Bonchev–Trinajstić information content (AvgIpc) is 2.42. The van der Waals surface area contributed by atoms with Gasteiger partial charge in [-0.3, -0.25) is 0 Å². The van der Waals surface area contributed by atoms with Crippen molar-refractivity contribution in [1.82, 2.24) is 0 Å². The Morgan fingerprint density at radius 1 is 1.45 bits per heavy atom. The summed E-state index contributed by atoms with van der Waals surface area (Å²) in [7, 11) is 1.84. The van der Waals surface area contributed by atoms with Gasteiger partial charge in [-0.25, -0.2) is 0 Å². The zero-order valence-electron chi connectivity index (χ0n) is 7.50. The second-order valence-electron chi connectivity index (χ2n) is 4.12. The molecule has 2 bridgehead atoms. The molecule has 1 saturated carbocycles. The van der Waals surface area contributed by atoms with Crippen LogP contribution < -0.4 is 0 Å². The van der Waals surface area contributed by atoms with Crippen molar-refractivity contribution in [2.75, 3.05) is 7.11 Å². The smallest absolute Gasteiger partial charge is 0.0777 e. The quantitative estimate of drug-likeness (QED) is 0.523. The van der Waals surface area contributed by atoms with E-state index in [4.69, 9.17) is 4.74 Å². The molecular formula is C10H16O. The van der Waals surface area contributed by atoms with Gasteiger partial charge >= 0.3 is 0 Å². The van der Waals surface area contributed by atoms with Crippen LogP contribution in [-0.2, 0) is 4.74 Å². The van der Waals surface area contributed by atoms with Gasteiger partial charge in [0.2, 0.25) is 0 Å². The van der Waals surface area contributed by atoms with Crippen LogP contribution in [0.5, 0.6) is 0 Å². The van der Waals surface area contributed by atoms with Gasteiger partial charge in [0, 0.05) is 18.9 Å². The van der Waals surface area contributed by atoms with Gasteiger partial charge in [0.1, 0.15) is 0 Å². The molecule has 1 nitrogen and oxygen atoms in total. The summed E-state index contributed by atoms with van der Waals surface area (Å²) in [5.41, 5.74) is 0.124. The predicted molar refractivity (Wildman–Crippen MR) is 45.3 cm³/mol. The Morgan fingerprint density at radius 2 is 2.18 bits per heavy atom. The van der Waals surface area contributed by atoms with Crippen LogP contribution in [0.2, 0.25) is 0 Å². The summed E-state index contributed by atoms with van der Waals surface area (Å²) < 4.78 is 5.59. The molecule has 62 valence electrons. The minimum absolute atomic E-state index is 0.124. The van der Waals surface area contributed by atoms with E-state index >= 15 is 0 Å². The number of fused-ring (bicyclic) bond motifs is 2. The van der Waals surface area contributed by atoms with Gasteiger partial charge in [-0.15, -0.1) is 0 Å². The van der Waals surface area contributed by atoms with Crippen molar-refractivity contribution in [2.45, 2.75) is 25.9 Å². The van der Waals surface area contributed by atoms with E-state index in [2.05, 4.69) is 26.0 Å². The average molecular weight is 152 g/mol. The third-order valence-electron chi connectivity index (χ3n) is 3.63. The van der Waals surface area contributed by atoms with Crippen molar-refractivity contribution >= 4 is 0 Å². The zero-order valence-corrected chi connectivity index (χ0v) is 7.50. The topological polar surface area (TPSA) is 9.23 Å². The molecule has 0 spiro atoms. The Morgan fingerprint density at radius 3 is 2.45 bits per heavy atom. The fourth-order valence-corrected chi connectivity index (χ4v) is 2.78. The molecule has 4 unspecified atom stereocenters. The van der Waals surface area contributed by atoms with E-state index in [1.165, 1.54) is 6.42 Å². The van der Waals surface area contributed by atoms with Gasteiger partial charge in [0.25, 0.3) is 0 Å². The SMILES string of the molecule is COC1(C)C2C=CC1C(C)C2. The van der Waals surface area contributed by atoms with Crippen molar-refractivity contribution in [3.8, 4) is 0 Å². The Balaban J connectivity index is 2.30. The fraction of sp³-hybridized carbons (Fsp3) is 0.800. The summed E-state index contributed by atoms with van der Waals surface area (Å²) in [6.07, 6.45) is 5.97. The molecule has 0 radical (unpaired) electrons. The Labute approximate surface area is 68.4 Å². The van der Waals surface area contributed by atoms with Crippen LogP contribution in [0.1, 0.15) is 20.3 Å². The predicted octanol–water partition coefficient (Wildman–Crippen LogP) is 2.23. The molecule has 0 saturated heterocycles. The van der Waals surface area contributed by atoms with Crippen molar-refractivity contribution in [3.63, 3.8) is 0 Å². The summed E-state index contributed by atoms with van der Waals surface area (Å²) in [5.74, 6) is 2.15. The molecular weight excluding hydrogens is 136 g/mol. The highest BCUT2D eigenvalue weighted by atomic mass is 16.5. The summed E-state index contributed by atoms with van der Waals surface area (Å²) >= 11 is 0. The van der Waals surface area contributed by atoms with Crippen LogP contribution in [0.3, 0.4) is 0 Å². The normalized spacial score (nSPS) is 53.9. The summed E-state index contributed by atoms with van der Waals surface area (Å²) in [4.78, 5) is 0. The lowest BCUT2D eigenvalue weighted by Gasteiger charge is -2.29. The minimum Gasteiger partial charge on any atom is -0.377 e. The van der Waals surface area contributed by atoms with Crippen LogP contribution >= 0.6 is 0 Å². The molecule has 11 heavy (non-hydrogen) atoms. The maximum Gasteiger partial charge on any atom is 0.0777 e. The number of rotatable bonds is 1. The molecule has 2 aliphatic rings. The Kier molecular flexibility index (Phi) is 1.40. The van der Waals surface area contributed by atoms with Gasteiger partial charge in [-0.05, 0) is 19.3 Å². The fourth-order valence-electron chi connectivity index (χ4n) is 2.78. The van der Waals surface area contributed by atoms with Gasteiger partial charge in [0.15, 0.2) is 0 Å². The van der Waals surface area contributed by atoms with E-state index in [9.17, 15) is 0 Å². The Hall–Kier alpha value is -0.300. The molecule has 2 rings (SSSR count). The van der Waals surface area contributed by atoms with Gasteiger partial charge in [-0.2, -0.15) is 0 Å². The lowest BCUT2D eigenvalue weighted by molar-refractivity contribution is -0.0288.